The number of nitrogens with two attached hydrogens (primary N) is 1. The number of halogens is 1. The van der Waals surface area contributed by atoms with Crippen molar-refractivity contribution in [2.45, 2.75) is 0 Å². The van der Waals surface area contributed by atoms with Gasteiger partial charge in [-0.3, -0.25) is 4.79 Å². The Kier molecular flexibility index (Phi) is 6.52. The highest BCUT2D eigenvalue weighted by atomic mass is 79.9. The average Bonchev–Trinajstić information content (AvgIpc) is 2.66. The molecule has 0 heterocycles. The van der Waals surface area contributed by atoms with E-state index >= 15 is 0 Å². The van der Waals surface area contributed by atoms with Gasteiger partial charge in [-0.05, 0) is 51.8 Å². The number of ether oxygens (including phenoxy) is 4. The van der Waals surface area contributed by atoms with Crippen LogP contribution in [-0.4, -0.2) is 34.2 Å². The number of Topliss-reactive ketones (excluding diaryl/α,β-unsaturated/α-hetero) is 1. The van der Waals surface area contributed by atoms with E-state index in [-0.39, 0.29) is 5.78 Å². The van der Waals surface area contributed by atoms with Crippen LogP contribution in [-0.2, 0) is 0 Å². The first-order valence-corrected chi connectivity index (χ1v) is 8.40. The first-order valence-electron chi connectivity index (χ1n) is 7.61. The molecule has 0 saturated carbocycles. The number of hydrogen-bond acceptors (Lipinski definition) is 6. The highest BCUT2D eigenvalue weighted by Gasteiger charge is 2.22. The van der Waals surface area contributed by atoms with Crippen LogP contribution in [0.3, 0.4) is 0 Å². The largest absolute Gasteiger partial charge is 0.495 e. The van der Waals surface area contributed by atoms with Gasteiger partial charge in [-0.1, -0.05) is 6.07 Å². The van der Waals surface area contributed by atoms with Crippen molar-refractivity contribution < 1.29 is 23.7 Å². The number of methoxy groups -OCH3 is 4. The molecule has 0 saturated heterocycles. The highest BCUT2D eigenvalue weighted by molar-refractivity contribution is 9.12. The van der Waals surface area contributed by atoms with Crippen molar-refractivity contribution in [2.75, 3.05) is 34.2 Å². The molecule has 0 spiro atoms. The third-order valence-corrected chi connectivity index (χ3v) is 4.30. The van der Waals surface area contributed by atoms with Gasteiger partial charge in [0.05, 0.1) is 44.2 Å². The van der Waals surface area contributed by atoms with Gasteiger partial charge in [0.25, 0.3) is 0 Å². The van der Waals surface area contributed by atoms with Gasteiger partial charge in [0.15, 0.2) is 11.5 Å². The molecule has 0 bridgehead atoms. The van der Waals surface area contributed by atoms with Gasteiger partial charge in [0, 0.05) is 0 Å². The number of hydrogen-bond donors (Lipinski definition) is 1. The molecule has 0 fully saturated rings. The number of ketones is 1. The van der Waals surface area contributed by atoms with Crippen molar-refractivity contribution in [2.24, 2.45) is 0 Å². The van der Waals surface area contributed by atoms with Crippen molar-refractivity contribution in [1.29, 1.82) is 0 Å². The number of anilines is 1. The maximum absolute atomic E-state index is 12.9. The summed E-state index contributed by atoms with van der Waals surface area (Å²) in [5.74, 6) is 1.44. The van der Waals surface area contributed by atoms with Gasteiger partial charge >= 0.3 is 0 Å². The minimum Gasteiger partial charge on any atom is -0.495 e. The fourth-order valence-corrected chi connectivity index (χ4v) is 2.94. The average molecular weight is 422 g/mol. The molecule has 7 heteroatoms. The van der Waals surface area contributed by atoms with E-state index in [1.54, 1.807) is 43.5 Å². The number of benzene rings is 2. The molecule has 6 nitrogen and oxygen atoms in total. The van der Waals surface area contributed by atoms with Crippen LogP contribution < -0.4 is 24.7 Å². The van der Waals surface area contributed by atoms with E-state index in [2.05, 4.69) is 15.9 Å². The number of carbonyl (C=O) groups is 1. The van der Waals surface area contributed by atoms with Crippen LogP contribution in [0.1, 0.15) is 15.9 Å². The Labute approximate surface area is 160 Å². The van der Waals surface area contributed by atoms with Gasteiger partial charge in [0.2, 0.25) is 11.5 Å². The van der Waals surface area contributed by atoms with Crippen molar-refractivity contribution in [3.63, 3.8) is 0 Å². The molecule has 2 N–H and O–H groups in total. The Balaban J connectivity index is 2.43. The Hall–Kier alpha value is -2.67. The van der Waals surface area contributed by atoms with Crippen LogP contribution in [0, 0.1) is 0 Å². The van der Waals surface area contributed by atoms with E-state index in [1.165, 1.54) is 21.3 Å². The fraction of sp³-hybridized carbons (Fsp3) is 0.211. The minimum atomic E-state index is -0.266. The third kappa shape index (κ3) is 3.94. The molecule has 0 radical (unpaired) electrons. The first-order chi connectivity index (χ1) is 12.5. The fourth-order valence-electron chi connectivity index (χ4n) is 2.46. The Morgan fingerprint density at radius 1 is 0.923 bits per heavy atom. The smallest absolute Gasteiger partial charge is 0.204 e. The molecule has 2 rings (SSSR count). The second-order valence-corrected chi connectivity index (χ2v) is 6.06. The number of carbonyl (C=O) groups excluding carboxylic acids is 1. The van der Waals surface area contributed by atoms with E-state index in [0.29, 0.717) is 38.7 Å². The summed E-state index contributed by atoms with van der Waals surface area (Å²) in [5.41, 5.74) is 7.48. The van der Waals surface area contributed by atoms with Crippen molar-refractivity contribution in [3.8, 4) is 23.0 Å². The van der Waals surface area contributed by atoms with Gasteiger partial charge in [-0.25, -0.2) is 0 Å². The summed E-state index contributed by atoms with van der Waals surface area (Å²) < 4.78 is 21.4. The molecule has 0 aliphatic rings. The summed E-state index contributed by atoms with van der Waals surface area (Å²) in [5, 5.41) is 0. The molecule has 2 aromatic rings. The molecule has 2 aromatic carbocycles. The Bertz CT molecular complexity index is 848. The molecule has 0 aliphatic carbocycles. The van der Waals surface area contributed by atoms with Crippen molar-refractivity contribution in [1.82, 2.24) is 0 Å². The summed E-state index contributed by atoms with van der Waals surface area (Å²) in [6.45, 7) is 0. The van der Waals surface area contributed by atoms with Gasteiger partial charge in [-0.15, -0.1) is 0 Å². The second-order valence-electron chi connectivity index (χ2n) is 5.20. The summed E-state index contributed by atoms with van der Waals surface area (Å²) in [7, 11) is 6.02. The number of nitrogen functional groups attached to an aromatic ring is 1. The summed E-state index contributed by atoms with van der Waals surface area (Å²) in [6.07, 6.45) is 1.67. The lowest BCUT2D eigenvalue weighted by molar-refractivity contribution is 0.104. The number of allylic oxidation sites excluding steroid dienone is 1. The molecule has 0 aromatic heterocycles. The maximum atomic E-state index is 12.9. The van der Waals surface area contributed by atoms with E-state index < -0.39 is 0 Å². The zero-order valence-corrected chi connectivity index (χ0v) is 16.5. The predicted molar refractivity (Wildman–Crippen MR) is 105 cm³/mol. The Morgan fingerprint density at radius 3 is 2.08 bits per heavy atom. The van der Waals surface area contributed by atoms with Crippen LogP contribution in [0.4, 0.5) is 5.69 Å². The molecule has 26 heavy (non-hydrogen) atoms. The van der Waals surface area contributed by atoms with Crippen molar-refractivity contribution in [3.05, 3.63) is 45.9 Å². The van der Waals surface area contributed by atoms with Crippen LogP contribution in [0.2, 0.25) is 0 Å². The van der Waals surface area contributed by atoms with Crippen molar-refractivity contribution >= 4 is 33.5 Å². The lowest BCUT2D eigenvalue weighted by Gasteiger charge is -2.15. The number of rotatable bonds is 7. The molecule has 0 amide bonds. The van der Waals surface area contributed by atoms with Gasteiger partial charge < -0.3 is 24.7 Å². The maximum Gasteiger partial charge on any atom is 0.204 e. The van der Waals surface area contributed by atoms with E-state index in [1.807, 2.05) is 0 Å². The van der Waals surface area contributed by atoms with Crippen LogP contribution >= 0.6 is 15.9 Å². The monoisotopic (exact) mass is 421 g/mol. The van der Waals surface area contributed by atoms with Crippen LogP contribution in [0.15, 0.2) is 34.8 Å². The minimum absolute atomic E-state index is 0.266. The lowest BCUT2D eigenvalue weighted by atomic mass is 10.1. The third-order valence-electron chi connectivity index (χ3n) is 3.71. The molecule has 0 aliphatic heterocycles. The molecule has 138 valence electrons. The normalized spacial score (nSPS) is 11.0. The second kappa shape index (κ2) is 8.62. The topological polar surface area (TPSA) is 80.0 Å². The van der Waals surface area contributed by atoms with E-state index in [9.17, 15) is 4.79 Å². The molecule has 0 unspecified atom stereocenters. The van der Waals surface area contributed by atoms with Crippen LogP contribution in [0.25, 0.3) is 6.08 Å². The standard InChI is InChI=1S/C19H20BrNO5/c1-23-15-7-5-11(10-14(15)21)9-13(20)17(22)12-6-8-16(24-2)19(26-4)18(12)25-3/h5-10H,21H2,1-4H3. The molecular weight excluding hydrogens is 402 g/mol. The van der Waals surface area contributed by atoms with Gasteiger partial charge in [-0.2, -0.15) is 0 Å². The van der Waals surface area contributed by atoms with Crippen LogP contribution in [0.5, 0.6) is 23.0 Å². The molecule has 0 atom stereocenters. The zero-order valence-electron chi connectivity index (χ0n) is 15.0. The Morgan fingerprint density at radius 2 is 1.54 bits per heavy atom. The summed E-state index contributed by atoms with van der Waals surface area (Å²) in [4.78, 5) is 12.9. The summed E-state index contributed by atoms with van der Waals surface area (Å²) in [6, 6.07) is 8.54. The zero-order chi connectivity index (χ0) is 19.3. The van der Waals surface area contributed by atoms with Gasteiger partial charge in [0.1, 0.15) is 5.75 Å². The quantitative estimate of drug-likeness (QED) is 0.414. The SMILES string of the molecule is COc1ccc(C=C(Br)C(=O)c2ccc(OC)c(OC)c2OC)cc1N. The summed E-state index contributed by atoms with van der Waals surface area (Å²) >= 11 is 3.33. The predicted octanol–water partition coefficient (Wildman–Crippen LogP) is 3.92. The van der Waals surface area contributed by atoms with E-state index in [0.717, 1.165) is 5.56 Å². The highest BCUT2D eigenvalue weighted by Crippen LogP contribution is 2.41. The first kappa shape index (κ1) is 19.7. The molecular formula is C19H20BrNO5. The lowest BCUT2D eigenvalue weighted by Crippen LogP contribution is -2.05. The van der Waals surface area contributed by atoms with E-state index in [4.69, 9.17) is 24.7 Å².